The van der Waals surface area contributed by atoms with Crippen molar-refractivity contribution in [2.45, 2.75) is 39.7 Å². The van der Waals surface area contributed by atoms with E-state index >= 15 is 0 Å². The third-order valence-corrected chi connectivity index (χ3v) is 5.25. The summed E-state index contributed by atoms with van der Waals surface area (Å²) in [5.74, 6) is 2.70. The second-order valence-electron chi connectivity index (χ2n) is 6.31. The summed E-state index contributed by atoms with van der Waals surface area (Å²) in [6, 6.07) is 0.162. The van der Waals surface area contributed by atoms with E-state index < -0.39 is 0 Å². The van der Waals surface area contributed by atoms with E-state index in [1.54, 1.807) is 11.3 Å². The van der Waals surface area contributed by atoms with Gasteiger partial charge in [0.15, 0.2) is 10.8 Å². The van der Waals surface area contributed by atoms with E-state index in [4.69, 9.17) is 10.7 Å². The van der Waals surface area contributed by atoms with Gasteiger partial charge in [0.25, 0.3) is 0 Å². The number of imidazole rings is 1. The van der Waals surface area contributed by atoms with Crippen LogP contribution in [0.15, 0.2) is 11.6 Å². The molecule has 3 rings (SSSR count). The predicted molar refractivity (Wildman–Crippen MR) is 85.6 cm³/mol. The molecule has 0 saturated carbocycles. The standard InChI is InChI=1S/C15H24N4S/c1-10-4-5-18(9-11(10)2)14-13(8-12(3)16)19-6-7-20-15(19)17-14/h6-7,10-12H,4-5,8-9,16H2,1-3H3. The number of hydrogen-bond acceptors (Lipinski definition) is 4. The van der Waals surface area contributed by atoms with Crippen LogP contribution in [0.1, 0.15) is 32.9 Å². The van der Waals surface area contributed by atoms with E-state index in [1.807, 2.05) is 0 Å². The zero-order chi connectivity index (χ0) is 14.3. The van der Waals surface area contributed by atoms with E-state index in [0.29, 0.717) is 0 Å². The van der Waals surface area contributed by atoms with Gasteiger partial charge >= 0.3 is 0 Å². The van der Waals surface area contributed by atoms with Crippen molar-refractivity contribution in [1.29, 1.82) is 0 Å². The van der Waals surface area contributed by atoms with Gasteiger partial charge in [0.1, 0.15) is 0 Å². The molecular formula is C15H24N4S. The molecule has 0 amide bonds. The summed E-state index contributed by atoms with van der Waals surface area (Å²) in [6.45, 7) is 8.99. The summed E-state index contributed by atoms with van der Waals surface area (Å²) in [5.41, 5.74) is 7.31. The number of piperidine rings is 1. The molecule has 3 heterocycles. The maximum atomic E-state index is 6.03. The number of hydrogen-bond donors (Lipinski definition) is 1. The Kier molecular flexibility index (Phi) is 3.73. The molecule has 0 radical (unpaired) electrons. The van der Waals surface area contributed by atoms with Crippen LogP contribution in [-0.4, -0.2) is 28.5 Å². The van der Waals surface area contributed by atoms with Crippen LogP contribution in [0.2, 0.25) is 0 Å². The largest absolute Gasteiger partial charge is 0.355 e. The molecule has 1 fully saturated rings. The molecular weight excluding hydrogens is 268 g/mol. The lowest BCUT2D eigenvalue weighted by atomic mass is 9.88. The zero-order valence-corrected chi connectivity index (χ0v) is 13.4. The Hall–Kier alpha value is -1.07. The minimum absolute atomic E-state index is 0.162. The highest BCUT2D eigenvalue weighted by Crippen LogP contribution is 2.31. The Morgan fingerprint density at radius 2 is 2.25 bits per heavy atom. The van der Waals surface area contributed by atoms with Crippen molar-refractivity contribution in [3.63, 3.8) is 0 Å². The average molecular weight is 292 g/mol. The second-order valence-corrected chi connectivity index (χ2v) is 7.18. The van der Waals surface area contributed by atoms with Crippen molar-refractivity contribution in [1.82, 2.24) is 9.38 Å². The average Bonchev–Trinajstić information content (AvgIpc) is 2.95. The zero-order valence-electron chi connectivity index (χ0n) is 12.5. The van der Waals surface area contributed by atoms with Gasteiger partial charge in [-0.1, -0.05) is 13.8 Å². The molecule has 4 nitrogen and oxygen atoms in total. The van der Waals surface area contributed by atoms with E-state index in [2.05, 4.69) is 41.6 Å². The molecule has 2 aromatic rings. The topological polar surface area (TPSA) is 46.6 Å². The number of rotatable bonds is 3. The smallest absolute Gasteiger partial charge is 0.195 e. The lowest BCUT2D eigenvalue weighted by Gasteiger charge is -2.36. The fourth-order valence-corrected chi connectivity index (χ4v) is 3.75. The Morgan fingerprint density at radius 3 is 2.95 bits per heavy atom. The van der Waals surface area contributed by atoms with Gasteiger partial charge in [0.05, 0.1) is 5.69 Å². The third kappa shape index (κ3) is 2.44. The van der Waals surface area contributed by atoms with Crippen LogP contribution in [-0.2, 0) is 6.42 Å². The molecule has 0 aromatic carbocycles. The van der Waals surface area contributed by atoms with Crippen molar-refractivity contribution < 1.29 is 0 Å². The molecule has 1 aliphatic heterocycles. The lowest BCUT2D eigenvalue weighted by molar-refractivity contribution is 0.322. The number of thiazole rings is 1. The van der Waals surface area contributed by atoms with Gasteiger partial charge in [-0.3, -0.25) is 4.40 Å². The highest BCUT2D eigenvalue weighted by molar-refractivity contribution is 7.15. The molecule has 3 atom stereocenters. The van der Waals surface area contributed by atoms with Crippen molar-refractivity contribution in [3.8, 4) is 0 Å². The van der Waals surface area contributed by atoms with Crippen LogP contribution in [0.5, 0.6) is 0 Å². The minimum atomic E-state index is 0.162. The Balaban J connectivity index is 1.95. The van der Waals surface area contributed by atoms with Gasteiger partial charge in [0.2, 0.25) is 0 Å². The molecule has 5 heteroatoms. The van der Waals surface area contributed by atoms with E-state index in [9.17, 15) is 0 Å². The number of anilines is 1. The second kappa shape index (κ2) is 5.37. The van der Waals surface area contributed by atoms with Gasteiger partial charge in [-0.15, -0.1) is 11.3 Å². The summed E-state index contributed by atoms with van der Waals surface area (Å²) < 4.78 is 2.21. The highest BCUT2D eigenvalue weighted by Gasteiger charge is 2.27. The summed E-state index contributed by atoms with van der Waals surface area (Å²) in [6.07, 6.45) is 4.25. The normalized spacial score (nSPS) is 25.3. The number of fused-ring (bicyclic) bond motifs is 1. The number of nitrogens with two attached hydrogens (primary N) is 1. The molecule has 1 aliphatic rings. The first-order valence-corrected chi connectivity index (χ1v) is 8.39. The SMILES string of the molecule is CC(N)Cc1c(N2CCC(C)C(C)C2)nc2sccn12. The summed E-state index contributed by atoms with van der Waals surface area (Å²) in [7, 11) is 0. The van der Waals surface area contributed by atoms with Gasteiger partial charge in [-0.2, -0.15) is 0 Å². The fourth-order valence-electron chi connectivity index (χ4n) is 3.02. The maximum absolute atomic E-state index is 6.03. The van der Waals surface area contributed by atoms with Crippen molar-refractivity contribution in [2.75, 3.05) is 18.0 Å². The fraction of sp³-hybridized carbons (Fsp3) is 0.667. The molecule has 0 aliphatic carbocycles. The van der Waals surface area contributed by atoms with Gasteiger partial charge < -0.3 is 10.6 Å². The van der Waals surface area contributed by atoms with Crippen molar-refractivity contribution in [2.24, 2.45) is 17.6 Å². The summed E-state index contributed by atoms with van der Waals surface area (Å²) in [5, 5.41) is 2.09. The van der Waals surface area contributed by atoms with Gasteiger partial charge in [-0.25, -0.2) is 4.98 Å². The Morgan fingerprint density at radius 1 is 1.45 bits per heavy atom. The van der Waals surface area contributed by atoms with Crippen molar-refractivity contribution >= 4 is 22.1 Å². The molecule has 3 unspecified atom stereocenters. The molecule has 2 N–H and O–H groups in total. The third-order valence-electron chi connectivity index (χ3n) is 4.49. The summed E-state index contributed by atoms with van der Waals surface area (Å²) in [4.78, 5) is 8.41. The number of nitrogens with zero attached hydrogens (tertiary/aromatic N) is 3. The monoisotopic (exact) mass is 292 g/mol. The van der Waals surface area contributed by atoms with Crippen LogP contribution < -0.4 is 10.6 Å². The molecule has 2 aromatic heterocycles. The van der Waals surface area contributed by atoms with Crippen molar-refractivity contribution in [3.05, 3.63) is 17.3 Å². The molecule has 1 saturated heterocycles. The van der Waals surface area contributed by atoms with Crippen LogP contribution >= 0.6 is 11.3 Å². The minimum Gasteiger partial charge on any atom is -0.355 e. The predicted octanol–water partition coefficient (Wildman–Crippen LogP) is 2.77. The van der Waals surface area contributed by atoms with E-state index in [-0.39, 0.29) is 6.04 Å². The summed E-state index contributed by atoms with van der Waals surface area (Å²) >= 11 is 1.70. The first kappa shape index (κ1) is 13.9. The first-order chi connectivity index (χ1) is 9.56. The molecule has 20 heavy (non-hydrogen) atoms. The van der Waals surface area contributed by atoms with Crippen LogP contribution in [0.4, 0.5) is 5.82 Å². The van der Waals surface area contributed by atoms with Crippen LogP contribution in [0, 0.1) is 11.8 Å². The van der Waals surface area contributed by atoms with E-state index in [1.165, 1.54) is 12.1 Å². The molecule has 110 valence electrons. The Labute approximate surface area is 124 Å². The Bertz CT molecular complexity index is 586. The van der Waals surface area contributed by atoms with Gasteiger partial charge in [0, 0.05) is 37.1 Å². The maximum Gasteiger partial charge on any atom is 0.195 e. The van der Waals surface area contributed by atoms with Gasteiger partial charge in [-0.05, 0) is 25.2 Å². The molecule has 0 bridgehead atoms. The highest BCUT2D eigenvalue weighted by atomic mass is 32.1. The lowest BCUT2D eigenvalue weighted by Crippen LogP contribution is -2.39. The quantitative estimate of drug-likeness (QED) is 0.946. The molecule has 0 spiro atoms. The first-order valence-electron chi connectivity index (χ1n) is 7.51. The van der Waals surface area contributed by atoms with Crippen LogP contribution in [0.25, 0.3) is 4.96 Å². The van der Waals surface area contributed by atoms with Crippen LogP contribution in [0.3, 0.4) is 0 Å². The van der Waals surface area contributed by atoms with E-state index in [0.717, 1.165) is 42.1 Å². The number of aromatic nitrogens is 2.